The van der Waals surface area contributed by atoms with Crippen LogP contribution in [0.4, 0.5) is 0 Å². The first-order valence-corrected chi connectivity index (χ1v) is 9.94. The third-order valence-corrected chi connectivity index (χ3v) is 5.25. The van der Waals surface area contributed by atoms with Gasteiger partial charge in [0.25, 0.3) is 0 Å². The normalized spacial score (nSPS) is 27.6. The number of nitrogens with zero attached hydrogens (tertiary/aromatic N) is 3. The van der Waals surface area contributed by atoms with E-state index in [4.69, 9.17) is 14.5 Å². The smallest absolute Gasteiger partial charge is 0.193 e. The monoisotopic (exact) mass is 350 g/mol. The van der Waals surface area contributed by atoms with E-state index in [0.717, 1.165) is 84.5 Å². The number of hydrogen-bond acceptors (Lipinski definition) is 4. The number of hydrogen-bond donors (Lipinski definition) is 1. The van der Waals surface area contributed by atoms with Gasteiger partial charge in [0.1, 0.15) is 0 Å². The minimum absolute atomic E-state index is 0.599. The maximum Gasteiger partial charge on any atom is 0.193 e. The highest BCUT2D eigenvalue weighted by Gasteiger charge is 2.29. The van der Waals surface area contributed by atoms with Crippen molar-refractivity contribution in [3.8, 4) is 0 Å². The van der Waals surface area contributed by atoms with E-state index < -0.39 is 0 Å². The van der Waals surface area contributed by atoms with Crippen molar-refractivity contribution in [1.29, 1.82) is 0 Å². The van der Waals surface area contributed by atoms with Gasteiger partial charge >= 0.3 is 0 Å². The molecular weight excluding hydrogens is 316 g/mol. The highest BCUT2D eigenvalue weighted by atomic mass is 16.5. The molecule has 2 atom stereocenters. The quantitative estimate of drug-likeness (QED) is 0.310. The van der Waals surface area contributed by atoms with Crippen LogP contribution in [0.3, 0.4) is 0 Å². The van der Waals surface area contributed by atoms with Crippen LogP contribution in [0.1, 0.15) is 26.2 Å². The lowest BCUT2D eigenvalue weighted by Gasteiger charge is -2.25. The lowest BCUT2D eigenvalue weighted by Crippen LogP contribution is -2.42. The molecule has 3 heterocycles. The van der Waals surface area contributed by atoms with Crippen molar-refractivity contribution in [2.45, 2.75) is 32.2 Å². The van der Waals surface area contributed by atoms with Crippen LogP contribution in [0.15, 0.2) is 17.1 Å². The lowest BCUT2D eigenvalue weighted by molar-refractivity contribution is 0.0893. The molecule has 3 aliphatic heterocycles. The molecule has 1 N–H and O–H groups in total. The maximum absolute atomic E-state index is 5.77. The summed E-state index contributed by atoms with van der Waals surface area (Å²) in [5.74, 6) is 1.67. The number of nitrogens with one attached hydrogen (secondary N) is 1. The summed E-state index contributed by atoms with van der Waals surface area (Å²) in [6.07, 6.45) is 7.92. The number of ether oxygens (including phenoxy) is 2. The first-order chi connectivity index (χ1) is 12.4. The van der Waals surface area contributed by atoms with E-state index in [1.807, 2.05) is 0 Å². The fourth-order valence-corrected chi connectivity index (χ4v) is 3.77. The van der Waals surface area contributed by atoms with Crippen LogP contribution in [0.25, 0.3) is 0 Å². The third-order valence-electron chi connectivity index (χ3n) is 5.25. The summed E-state index contributed by atoms with van der Waals surface area (Å²) < 4.78 is 11.1. The zero-order chi connectivity index (χ0) is 17.3. The molecule has 6 nitrogen and oxygen atoms in total. The summed E-state index contributed by atoms with van der Waals surface area (Å²) in [4.78, 5) is 9.80. The Labute approximate surface area is 152 Å². The lowest BCUT2D eigenvalue weighted by atomic mass is 10.1. The van der Waals surface area contributed by atoms with Crippen LogP contribution in [0, 0.1) is 5.92 Å². The molecule has 142 valence electrons. The summed E-state index contributed by atoms with van der Waals surface area (Å²) in [5, 5.41) is 3.46. The van der Waals surface area contributed by atoms with Crippen LogP contribution >= 0.6 is 0 Å². The van der Waals surface area contributed by atoms with Crippen LogP contribution in [-0.4, -0.2) is 87.5 Å². The molecule has 2 unspecified atom stereocenters. The SMILES string of the molecule is CCNC(=NCCCOCC1CCOC1)N1CCC(N2CC=CC2)C1. The molecule has 0 amide bonds. The predicted molar refractivity (Wildman–Crippen MR) is 101 cm³/mol. The molecule has 3 rings (SSSR count). The fourth-order valence-electron chi connectivity index (χ4n) is 3.77. The molecule has 0 radical (unpaired) electrons. The Morgan fingerprint density at radius 3 is 2.96 bits per heavy atom. The van der Waals surface area contributed by atoms with E-state index in [0.29, 0.717) is 12.0 Å². The van der Waals surface area contributed by atoms with Gasteiger partial charge in [-0.25, -0.2) is 0 Å². The second-order valence-corrected chi connectivity index (χ2v) is 7.21. The summed E-state index contributed by atoms with van der Waals surface area (Å²) in [6, 6.07) is 0.663. The molecule has 2 saturated heterocycles. The van der Waals surface area contributed by atoms with Crippen molar-refractivity contribution in [2.75, 3.05) is 65.7 Å². The Balaban J connectivity index is 1.35. The number of guanidine groups is 1. The zero-order valence-electron chi connectivity index (χ0n) is 15.7. The second-order valence-electron chi connectivity index (χ2n) is 7.21. The van der Waals surface area contributed by atoms with Crippen molar-refractivity contribution in [3.63, 3.8) is 0 Å². The molecule has 25 heavy (non-hydrogen) atoms. The molecule has 0 aromatic carbocycles. The average Bonchev–Trinajstić information content (AvgIpc) is 3.38. The van der Waals surface area contributed by atoms with Crippen molar-refractivity contribution in [2.24, 2.45) is 10.9 Å². The number of rotatable bonds is 8. The van der Waals surface area contributed by atoms with Gasteiger partial charge in [0.2, 0.25) is 0 Å². The summed E-state index contributed by atoms with van der Waals surface area (Å²) in [5.41, 5.74) is 0. The van der Waals surface area contributed by atoms with Gasteiger partial charge in [0.05, 0.1) is 13.2 Å². The molecular formula is C19H34N4O2. The highest BCUT2D eigenvalue weighted by molar-refractivity contribution is 5.80. The topological polar surface area (TPSA) is 49.3 Å². The molecule has 6 heteroatoms. The molecule has 2 fully saturated rings. The van der Waals surface area contributed by atoms with Crippen LogP contribution < -0.4 is 5.32 Å². The van der Waals surface area contributed by atoms with Crippen LogP contribution in [0.5, 0.6) is 0 Å². The maximum atomic E-state index is 5.77. The predicted octanol–water partition coefficient (Wildman–Crippen LogP) is 1.34. The van der Waals surface area contributed by atoms with Gasteiger partial charge in [0.15, 0.2) is 5.96 Å². The van der Waals surface area contributed by atoms with E-state index in [9.17, 15) is 0 Å². The van der Waals surface area contributed by atoms with Crippen LogP contribution in [-0.2, 0) is 9.47 Å². The van der Waals surface area contributed by atoms with Crippen molar-refractivity contribution in [1.82, 2.24) is 15.1 Å². The Bertz CT molecular complexity index is 441. The molecule has 0 aromatic heterocycles. The Kier molecular flexibility index (Phi) is 7.57. The summed E-state index contributed by atoms with van der Waals surface area (Å²) in [6.45, 7) is 11.7. The van der Waals surface area contributed by atoms with Gasteiger partial charge in [-0.05, 0) is 26.2 Å². The minimum atomic E-state index is 0.599. The largest absolute Gasteiger partial charge is 0.381 e. The molecule has 0 saturated carbocycles. The van der Waals surface area contributed by atoms with Crippen molar-refractivity contribution in [3.05, 3.63) is 12.2 Å². The van der Waals surface area contributed by atoms with E-state index >= 15 is 0 Å². The average molecular weight is 351 g/mol. The van der Waals surface area contributed by atoms with Crippen LogP contribution in [0.2, 0.25) is 0 Å². The first-order valence-electron chi connectivity index (χ1n) is 9.94. The summed E-state index contributed by atoms with van der Waals surface area (Å²) in [7, 11) is 0. The highest BCUT2D eigenvalue weighted by Crippen LogP contribution is 2.18. The Morgan fingerprint density at radius 1 is 1.32 bits per heavy atom. The first kappa shape index (κ1) is 18.7. The second kappa shape index (κ2) is 10.1. The van der Waals surface area contributed by atoms with Gasteiger partial charge in [-0.1, -0.05) is 12.2 Å². The fraction of sp³-hybridized carbons (Fsp3) is 0.842. The van der Waals surface area contributed by atoms with E-state index in [-0.39, 0.29) is 0 Å². The van der Waals surface area contributed by atoms with Gasteiger partial charge in [0, 0.05) is 64.4 Å². The standard InChI is InChI=1S/C19H34N4O2/c1-2-20-19(21-8-5-12-24-15-17-7-13-25-16-17)23-11-6-18(14-23)22-9-3-4-10-22/h3-4,17-18H,2,5-16H2,1H3,(H,20,21). The molecule has 3 aliphatic rings. The van der Waals surface area contributed by atoms with Gasteiger partial charge < -0.3 is 19.7 Å². The Morgan fingerprint density at radius 2 is 2.20 bits per heavy atom. The van der Waals surface area contributed by atoms with E-state index in [2.05, 4.69) is 34.2 Å². The summed E-state index contributed by atoms with van der Waals surface area (Å²) >= 11 is 0. The van der Waals surface area contributed by atoms with E-state index in [1.165, 1.54) is 6.42 Å². The van der Waals surface area contributed by atoms with Gasteiger partial charge in [-0.15, -0.1) is 0 Å². The molecule has 0 aromatic rings. The minimum Gasteiger partial charge on any atom is -0.381 e. The number of aliphatic imine (C=N–C) groups is 1. The third kappa shape index (κ3) is 5.69. The molecule has 0 bridgehead atoms. The zero-order valence-corrected chi connectivity index (χ0v) is 15.7. The van der Waals surface area contributed by atoms with E-state index in [1.54, 1.807) is 0 Å². The molecule has 0 spiro atoms. The van der Waals surface area contributed by atoms with Crippen molar-refractivity contribution < 1.29 is 9.47 Å². The van der Waals surface area contributed by atoms with Gasteiger partial charge in [-0.2, -0.15) is 0 Å². The Hall–Kier alpha value is -1.11. The molecule has 0 aliphatic carbocycles. The number of likely N-dealkylation sites (tertiary alicyclic amines) is 1. The van der Waals surface area contributed by atoms with Gasteiger partial charge in [-0.3, -0.25) is 9.89 Å². The van der Waals surface area contributed by atoms with Crippen molar-refractivity contribution >= 4 is 5.96 Å².